The molecule has 3 heterocycles. The van der Waals surface area contributed by atoms with E-state index in [0.29, 0.717) is 6.61 Å². The molecule has 0 N–H and O–H groups in total. The molecular weight excluding hydrogens is 274 g/mol. The lowest BCUT2D eigenvalue weighted by atomic mass is 9.91. The maximum atomic E-state index is 9.49. The van der Waals surface area contributed by atoms with Gasteiger partial charge in [-0.05, 0) is 0 Å². The predicted molar refractivity (Wildman–Crippen MR) is 68.9 cm³/mol. The van der Waals surface area contributed by atoms with E-state index >= 15 is 0 Å². The van der Waals surface area contributed by atoms with Crippen molar-refractivity contribution in [1.82, 2.24) is 0 Å². The molecule has 0 aliphatic carbocycles. The third-order valence-corrected chi connectivity index (χ3v) is 4.16. The quantitative estimate of drug-likeness (QED) is 0.760. The average Bonchev–Trinajstić information content (AvgIpc) is 3.31. The van der Waals surface area contributed by atoms with E-state index in [1.807, 2.05) is 30.3 Å². The zero-order valence-corrected chi connectivity index (χ0v) is 11.5. The van der Waals surface area contributed by atoms with Crippen LogP contribution in [-0.2, 0) is 23.7 Å². The van der Waals surface area contributed by atoms with Gasteiger partial charge in [0.2, 0.25) is 5.60 Å². The molecule has 0 saturated carbocycles. The first kappa shape index (κ1) is 13.2. The van der Waals surface area contributed by atoms with Crippen molar-refractivity contribution in [1.29, 1.82) is 5.26 Å². The van der Waals surface area contributed by atoms with E-state index in [4.69, 9.17) is 23.7 Å². The maximum absolute atomic E-state index is 9.49. The molecule has 21 heavy (non-hydrogen) atoms. The van der Waals surface area contributed by atoms with E-state index in [0.717, 1.165) is 5.56 Å². The van der Waals surface area contributed by atoms with Gasteiger partial charge in [0.15, 0.2) is 18.7 Å². The molecule has 1 aromatic carbocycles. The van der Waals surface area contributed by atoms with Crippen LogP contribution >= 0.6 is 0 Å². The second kappa shape index (κ2) is 4.77. The van der Waals surface area contributed by atoms with E-state index in [9.17, 15) is 5.26 Å². The second-order valence-corrected chi connectivity index (χ2v) is 5.35. The van der Waals surface area contributed by atoms with Crippen molar-refractivity contribution in [2.45, 2.75) is 36.5 Å². The number of methoxy groups -OCH3 is 1. The third-order valence-electron chi connectivity index (χ3n) is 4.16. The van der Waals surface area contributed by atoms with E-state index in [1.54, 1.807) is 0 Å². The van der Waals surface area contributed by atoms with Gasteiger partial charge in [0.25, 0.3) is 0 Å². The van der Waals surface area contributed by atoms with Crippen molar-refractivity contribution in [3.63, 3.8) is 0 Å². The molecule has 0 amide bonds. The van der Waals surface area contributed by atoms with Crippen LogP contribution in [0.15, 0.2) is 30.3 Å². The Morgan fingerprint density at radius 3 is 2.76 bits per heavy atom. The summed E-state index contributed by atoms with van der Waals surface area (Å²) < 4.78 is 28.2. The lowest BCUT2D eigenvalue weighted by Gasteiger charge is -2.41. The Kier molecular flexibility index (Phi) is 2.99. The molecule has 0 unspecified atom stereocenters. The molecule has 3 aliphatic heterocycles. The van der Waals surface area contributed by atoms with Gasteiger partial charge in [-0.25, -0.2) is 0 Å². The monoisotopic (exact) mass is 289 g/mol. The highest BCUT2D eigenvalue weighted by molar-refractivity contribution is 5.28. The topological polar surface area (TPSA) is 73.2 Å². The summed E-state index contributed by atoms with van der Waals surface area (Å²) in [6, 6.07) is 11.9. The molecule has 0 radical (unpaired) electrons. The largest absolute Gasteiger partial charge is 0.353 e. The normalized spacial score (nSPS) is 44.3. The van der Waals surface area contributed by atoms with Gasteiger partial charge >= 0.3 is 0 Å². The first-order valence-corrected chi connectivity index (χ1v) is 6.88. The first-order chi connectivity index (χ1) is 10.3. The molecule has 3 aliphatic rings. The molecular formula is C15H15NO5. The van der Waals surface area contributed by atoms with E-state index in [2.05, 4.69) is 6.07 Å². The van der Waals surface area contributed by atoms with Gasteiger partial charge in [-0.1, -0.05) is 30.3 Å². The molecule has 3 fully saturated rings. The van der Waals surface area contributed by atoms with Crippen LogP contribution in [0.3, 0.4) is 0 Å². The van der Waals surface area contributed by atoms with Gasteiger partial charge in [0.1, 0.15) is 18.3 Å². The highest BCUT2D eigenvalue weighted by Gasteiger charge is 2.73. The van der Waals surface area contributed by atoms with Crippen LogP contribution in [0.4, 0.5) is 0 Å². The van der Waals surface area contributed by atoms with Crippen molar-refractivity contribution < 1.29 is 23.7 Å². The second-order valence-electron chi connectivity index (χ2n) is 5.35. The number of nitrogens with zero attached hydrogens (tertiary/aromatic N) is 1. The van der Waals surface area contributed by atoms with Crippen LogP contribution in [0.5, 0.6) is 0 Å². The summed E-state index contributed by atoms with van der Waals surface area (Å²) in [6.45, 7) is 0.337. The van der Waals surface area contributed by atoms with Crippen LogP contribution < -0.4 is 0 Å². The molecule has 6 heteroatoms. The number of rotatable bonds is 2. The Labute approximate surface area is 122 Å². The summed E-state index contributed by atoms with van der Waals surface area (Å²) in [6.07, 6.45) is -2.30. The molecule has 110 valence electrons. The fourth-order valence-corrected chi connectivity index (χ4v) is 3.04. The SMILES string of the molecule is CO[C@H]1O[C@@H]2CO[C@@H](c3ccccc3)O[C@H]2[C@]2(C#N)O[C@H]12. The lowest BCUT2D eigenvalue weighted by molar-refractivity contribution is -0.309. The van der Waals surface area contributed by atoms with Crippen molar-refractivity contribution in [3.05, 3.63) is 35.9 Å². The summed E-state index contributed by atoms with van der Waals surface area (Å²) in [7, 11) is 1.53. The van der Waals surface area contributed by atoms with Crippen molar-refractivity contribution >= 4 is 0 Å². The molecule has 1 aromatic rings. The predicted octanol–water partition coefficient (Wildman–Crippen LogP) is 1.13. The zero-order valence-electron chi connectivity index (χ0n) is 11.5. The smallest absolute Gasteiger partial charge is 0.214 e. The Balaban J connectivity index is 1.59. The highest BCUT2D eigenvalue weighted by atomic mass is 16.8. The number of fused-ring (bicyclic) bond motifs is 3. The van der Waals surface area contributed by atoms with Gasteiger partial charge in [-0.2, -0.15) is 5.26 Å². The number of nitriles is 1. The minimum atomic E-state index is -0.986. The molecule has 6 nitrogen and oxygen atoms in total. The Morgan fingerprint density at radius 1 is 1.24 bits per heavy atom. The number of benzene rings is 1. The van der Waals surface area contributed by atoms with Crippen LogP contribution in [0, 0.1) is 11.3 Å². The highest BCUT2D eigenvalue weighted by Crippen LogP contribution is 2.51. The van der Waals surface area contributed by atoms with Gasteiger partial charge in [0, 0.05) is 12.7 Å². The molecule has 4 rings (SSSR count). The third kappa shape index (κ3) is 1.90. The Bertz CT molecular complexity index is 573. The summed E-state index contributed by atoms with van der Waals surface area (Å²) in [5.74, 6) is 0. The zero-order chi connectivity index (χ0) is 14.4. The fraction of sp³-hybridized carbons (Fsp3) is 0.533. The van der Waals surface area contributed by atoms with Gasteiger partial charge < -0.3 is 23.7 Å². The number of hydrogen-bond donors (Lipinski definition) is 0. The van der Waals surface area contributed by atoms with Crippen LogP contribution in [0.25, 0.3) is 0 Å². The van der Waals surface area contributed by atoms with Crippen LogP contribution in [0.2, 0.25) is 0 Å². The molecule has 3 saturated heterocycles. The summed E-state index contributed by atoms with van der Waals surface area (Å²) in [5.41, 5.74) is -0.0736. The number of hydrogen-bond acceptors (Lipinski definition) is 6. The fourth-order valence-electron chi connectivity index (χ4n) is 3.04. The number of ether oxygens (including phenoxy) is 5. The average molecular weight is 289 g/mol. The molecule has 0 aromatic heterocycles. The van der Waals surface area contributed by atoms with Gasteiger partial charge in [0.05, 0.1) is 6.61 Å². The van der Waals surface area contributed by atoms with E-state index < -0.39 is 30.4 Å². The lowest BCUT2D eigenvalue weighted by Crippen LogP contribution is -2.57. The van der Waals surface area contributed by atoms with Crippen LogP contribution in [0.1, 0.15) is 11.9 Å². The summed E-state index contributed by atoms with van der Waals surface area (Å²) >= 11 is 0. The molecule has 6 atom stereocenters. The van der Waals surface area contributed by atoms with Crippen molar-refractivity contribution in [2.24, 2.45) is 0 Å². The van der Waals surface area contributed by atoms with Crippen LogP contribution in [-0.4, -0.2) is 43.9 Å². The van der Waals surface area contributed by atoms with Crippen molar-refractivity contribution in [2.75, 3.05) is 13.7 Å². The minimum absolute atomic E-state index is 0.337. The van der Waals surface area contributed by atoms with Gasteiger partial charge in [-0.3, -0.25) is 0 Å². The molecule has 0 bridgehead atoms. The number of epoxide rings is 1. The van der Waals surface area contributed by atoms with Crippen molar-refractivity contribution in [3.8, 4) is 6.07 Å². The first-order valence-electron chi connectivity index (χ1n) is 6.88. The Hall–Kier alpha value is -1.49. The summed E-state index contributed by atoms with van der Waals surface area (Å²) in [4.78, 5) is 0. The van der Waals surface area contributed by atoms with Gasteiger partial charge in [-0.15, -0.1) is 0 Å². The van der Waals surface area contributed by atoms with E-state index in [1.165, 1.54) is 7.11 Å². The molecule has 0 spiro atoms. The minimum Gasteiger partial charge on any atom is -0.353 e. The summed E-state index contributed by atoms with van der Waals surface area (Å²) in [5, 5.41) is 9.49. The maximum Gasteiger partial charge on any atom is 0.214 e. The van der Waals surface area contributed by atoms with E-state index in [-0.39, 0.29) is 6.10 Å². The standard InChI is InChI=1S/C15H15NO5/c1-17-14-12-15(8-16,21-12)11-10(19-14)7-18-13(20-11)9-5-3-2-4-6-9/h2-6,10-14H,7H2,1H3/t10-,11-,12-,13-,14+,15+/m1/s1. The Morgan fingerprint density at radius 2 is 2.05 bits per heavy atom.